The lowest BCUT2D eigenvalue weighted by molar-refractivity contribution is -0.391. The molecular formula is C18H16N6O2S. The second kappa shape index (κ2) is 7.12. The number of anilines is 1. The van der Waals surface area contributed by atoms with Crippen molar-refractivity contribution in [2.75, 3.05) is 11.9 Å². The van der Waals surface area contributed by atoms with Crippen molar-refractivity contribution < 1.29 is 4.92 Å². The molecule has 0 bridgehead atoms. The molecule has 0 unspecified atom stereocenters. The van der Waals surface area contributed by atoms with Gasteiger partial charge in [-0.1, -0.05) is 33.9 Å². The molecule has 0 amide bonds. The Bertz CT molecular complexity index is 1100. The first-order valence-electron chi connectivity index (χ1n) is 8.34. The minimum atomic E-state index is -0.498. The molecule has 27 heavy (non-hydrogen) atoms. The number of imidazole rings is 1. The summed E-state index contributed by atoms with van der Waals surface area (Å²) in [7, 11) is 0. The zero-order chi connectivity index (χ0) is 18.8. The molecule has 4 rings (SSSR count). The van der Waals surface area contributed by atoms with Gasteiger partial charge in [-0.05, 0) is 29.9 Å². The van der Waals surface area contributed by atoms with E-state index in [-0.39, 0.29) is 5.82 Å². The third kappa shape index (κ3) is 3.63. The molecule has 3 heterocycles. The Morgan fingerprint density at radius 3 is 2.74 bits per heavy atom. The molecule has 1 N–H and O–H groups in total. The number of thiazole rings is 1. The molecule has 9 heteroatoms. The van der Waals surface area contributed by atoms with E-state index in [9.17, 15) is 10.1 Å². The molecule has 0 aliphatic rings. The Kier molecular flexibility index (Phi) is 4.51. The Hall–Kier alpha value is -3.33. The van der Waals surface area contributed by atoms with Crippen molar-refractivity contribution in [1.29, 1.82) is 0 Å². The molecule has 0 spiro atoms. The number of fused-ring (bicyclic) bond motifs is 1. The van der Waals surface area contributed by atoms with Crippen molar-refractivity contribution >= 4 is 28.6 Å². The van der Waals surface area contributed by atoms with Crippen LogP contribution in [-0.2, 0) is 6.42 Å². The molecule has 0 aliphatic heterocycles. The van der Waals surface area contributed by atoms with Gasteiger partial charge in [0.2, 0.25) is 5.65 Å². The lowest BCUT2D eigenvalue weighted by atomic mass is 10.1. The Balaban J connectivity index is 1.40. The molecule has 0 aliphatic carbocycles. The second-order valence-electron chi connectivity index (χ2n) is 5.99. The number of aromatic nitrogens is 4. The molecular weight excluding hydrogens is 364 g/mol. The van der Waals surface area contributed by atoms with Crippen molar-refractivity contribution in [1.82, 2.24) is 19.6 Å². The third-order valence-electron chi connectivity index (χ3n) is 4.12. The number of nitrogens with zero attached hydrogens (tertiary/aromatic N) is 5. The van der Waals surface area contributed by atoms with Crippen LogP contribution in [0.2, 0.25) is 0 Å². The zero-order valence-electron chi connectivity index (χ0n) is 14.5. The molecule has 8 nitrogen and oxygen atoms in total. The van der Waals surface area contributed by atoms with Crippen LogP contribution in [0.5, 0.6) is 0 Å². The average Bonchev–Trinajstić information content (AvgIpc) is 3.28. The molecule has 3 aromatic heterocycles. The maximum atomic E-state index is 11.0. The van der Waals surface area contributed by atoms with Crippen LogP contribution < -0.4 is 5.32 Å². The lowest BCUT2D eigenvalue weighted by Crippen LogP contribution is -2.08. The highest BCUT2D eigenvalue weighted by atomic mass is 32.1. The number of nitro groups is 1. The smallest absolute Gasteiger partial charge is 0.367 e. The van der Waals surface area contributed by atoms with Gasteiger partial charge >= 0.3 is 5.82 Å². The van der Waals surface area contributed by atoms with E-state index in [1.54, 1.807) is 23.5 Å². The van der Waals surface area contributed by atoms with Crippen LogP contribution in [0.1, 0.15) is 10.6 Å². The minimum Gasteiger partial charge on any atom is -0.367 e. The summed E-state index contributed by atoms with van der Waals surface area (Å²) >= 11 is 1.64. The van der Waals surface area contributed by atoms with Gasteiger partial charge < -0.3 is 15.4 Å². The van der Waals surface area contributed by atoms with Gasteiger partial charge in [-0.3, -0.25) is 0 Å². The fourth-order valence-electron chi connectivity index (χ4n) is 2.75. The number of nitrogens with one attached hydrogen (secondary N) is 1. The van der Waals surface area contributed by atoms with Gasteiger partial charge in [-0.2, -0.15) is 0 Å². The minimum absolute atomic E-state index is 0.151. The number of aryl methyl sites for hydroxylation is 1. The van der Waals surface area contributed by atoms with E-state index in [4.69, 9.17) is 0 Å². The predicted molar refractivity (Wildman–Crippen MR) is 104 cm³/mol. The summed E-state index contributed by atoms with van der Waals surface area (Å²) < 4.78 is 1.23. The van der Waals surface area contributed by atoms with E-state index in [2.05, 4.69) is 50.0 Å². The molecule has 4 aromatic rings. The summed E-state index contributed by atoms with van der Waals surface area (Å²) in [4.78, 5) is 19.0. The molecule has 0 fully saturated rings. The maximum absolute atomic E-state index is 11.0. The molecule has 1 aromatic carbocycles. The summed E-state index contributed by atoms with van der Waals surface area (Å²) in [6, 6.07) is 11.8. The summed E-state index contributed by atoms with van der Waals surface area (Å²) in [6.45, 7) is 2.66. The van der Waals surface area contributed by atoms with Crippen LogP contribution in [-0.4, -0.2) is 31.1 Å². The fourth-order valence-corrected chi connectivity index (χ4v) is 3.38. The van der Waals surface area contributed by atoms with E-state index in [1.165, 1.54) is 16.3 Å². The first kappa shape index (κ1) is 17.1. The highest BCUT2D eigenvalue weighted by Gasteiger charge is 2.15. The first-order valence-corrected chi connectivity index (χ1v) is 9.22. The zero-order valence-corrected chi connectivity index (χ0v) is 15.3. The Labute approximate surface area is 158 Å². The molecule has 0 atom stereocenters. The van der Waals surface area contributed by atoms with Crippen molar-refractivity contribution in [3.63, 3.8) is 0 Å². The lowest BCUT2D eigenvalue weighted by Gasteiger charge is -2.05. The van der Waals surface area contributed by atoms with Crippen molar-refractivity contribution in [3.8, 4) is 11.3 Å². The quantitative estimate of drug-likeness (QED) is 0.404. The highest BCUT2D eigenvalue weighted by molar-refractivity contribution is 7.09. The van der Waals surface area contributed by atoms with Gasteiger partial charge in [0.15, 0.2) is 5.82 Å². The molecule has 0 saturated carbocycles. The highest BCUT2D eigenvalue weighted by Crippen LogP contribution is 2.22. The van der Waals surface area contributed by atoms with Gasteiger partial charge in [-0.15, -0.1) is 11.3 Å². The number of hydrogen-bond donors (Lipinski definition) is 1. The topological polar surface area (TPSA) is 98.2 Å². The van der Waals surface area contributed by atoms with Gasteiger partial charge in [0, 0.05) is 23.6 Å². The summed E-state index contributed by atoms with van der Waals surface area (Å²) in [5, 5.41) is 21.5. The molecule has 0 saturated heterocycles. The van der Waals surface area contributed by atoms with Crippen molar-refractivity contribution in [3.05, 3.63) is 68.7 Å². The number of hydrogen-bond acceptors (Lipinski definition) is 7. The normalized spacial score (nSPS) is 11.0. The predicted octanol–water partition coefficient (Wildman–Crippen LogP) is 3.72. The van der Waals surface area contributed by atoms with Gasteiger partial charge in [-0.25, -0.2) is 9.97 Å². The Morgan fingerprint density at radius 1 is 1.22 bits per heavy atom. The monoisotopic (exact) mass is 380 g/mol. The molecule has 136 valence electrons. The van der Waals surface area contributed by atoms with Gasteiger partial charge in [0.05, 0.1) is 10.7 Å². The fraction of sp³-hybridized carbons (Fsp3) is 0.167. The summed E-state index contributed by atoms with van der Waals surface area (Å²) in [5.41, 5.74) is 3.74. The van der Waals surface area contributed by atoms with Crippen LogP contribution >= 0.6 is 11.3 Å². The molecule has 0 radical (unpaired) electrons. The van der Waals surface area contributed by atoms with Gasteiger partial charge in [0.25, 0.3) is 0 Å². The van der Waals surface area contributed by atoms with Crippen molar-refractivity contribution in [2.45, 2.75) is 13.3 Å². The standard InChI is InChI=1S/C18H16N6O2S/c1-12-21-15(11-27-12)14-4-2-13(3-5-14)8-9-19-16-6-7-17-20-10-18(24(25)26)23(17)22-16/h2-7,10-11H,8-9H2,1H3,(H,19,22). The van der Waals surface area contributed by atoms with E-state index in [1.807, 2.05) is 6.92 Å². The van der Waals surface area contributed by atoms with E-state index in [0.717, 1.165) is 22.7 Å². The summed E-state index contributed by atoms with van der Waals surface area (Å²) in [6.07, 6.45) is 2.01. The van der Waals surface area contributed by atoms with Crippen LogP contribution in [0.3, 0.4) is 0 Å². The SMILES string of the molecule is Cc1nc(-c2ccc(CCNc3ccc4ncc([N+](=O)[O-])n4n3)cc2)cs1. The van der Waals surface area contributed by atoms with E-state index >= 15 is 0 Å². The van der Waals surface area contributed by atoms with Gasteiger partial charge in [0.1, 0.15) is 6.20 Å². The van der Waals surface area contributed by atoms with Crippen LogP contribution in [0.15, 0.2) is 48.0 Å². The van der Waals surface area contributed by atoms with Crippen LogP contribution in [0.4, 0.5) is 11.6 Å². The van der Waals surface area contributed by atoms with Crippen LogP contribution in [0, 0.1) is 17.0 Å². The largest absolute Gasteiger partial charge is 0.368 e. The van der Waals surface area contributed by atoms with E-state index < -0.39 is 4.92 Å². The van der Waals surface area contributed by atoms with Crippen LogP contribution in [0.25, 0.3) is 16.9 Å². The maximum Gasteiger partial charge on any atom is 0.368 e. The number of rotatable bonds is 6. The van der Waals surface area contributed by atoms with Crippen molar-refractivity contribution in [2.24, 2.45) is 0 Å². The Morgan fingerprint density at radius 2 is 2.04 bits per heavy atom. The summed E-state index contributed by atoms with van der Waals surface area (Å²) in [5.74, 6) is 0.416. The first-order chi connectivity index (χ1) is 13.1. The van der Waals surface area contributed by atoms with E-state index in [0.29, 0.717) is 18.0 Å². The number of benzene rings is 1. The second-order valence-corrected chi connectivity index (χ2v) is 7.05. The average molecular weight is 380 g/mol. The third-order valence-corrected chi connectivity index (χ3v) is 4.89.